The Labute approximate surface area is 148 Å². The predicted octanol–water partition coefficient (Wildman–Crippen LogP) is 3.42. The molecule has 3 rings (SSSR count). The van der Waals surface area contributed by atoms with E-state index in [1.807, 2.05) is 26.8 Å². The van der Waals surface area contributed by atoms with Crippen molar-refractivity contribution in [2.24, 2.45) is 11.8 Å². The van der Waals surface area contributed by atoms with Gasteiger partial charge in [0.1, 0.15) is 0 Å². The van der Waals surface area contributed by atoms with Crippen molar-refractivity contribution >= 4 is 6.09 Å². The van der Waals surface area contributed by atoms with Crippen molar-refractivity contribution in [3.8, 4) is 0 Å². The molecule has 2 aliphatic rings. The van der Waals surface area contributed by atoms with E-state index in [9.17, 15) is 9.59 Å². The summed E-state index contributed by atoms with van der Waals surface area (Å²) in [5.74, 6) is 0.454. The van der Waals surface area contributed by atoms with E-state index in [2.05, 4.69) is 29.4 Å². The number of H-pyrrole nitrogens is 1. The standard InChI is InChI=1S/C20H26N2O3/c1-5-15-14-8-13(4)10-20(15,22-19(24)25-11-12(2)3)16-6-7-18(23)21-17(16)9-14/h5-8,12,14H,9-11H2,1-4H3,(H,21,23)(H,22,24). The fraction of sp³-hybridized carbons (Fsp3) is 0.500. The van der Waals surface area contributed by atoms with Gasteiger partial charge in [-0.3, -0.25) is 4.79 Å². The minimum atomic E-state index is -0.649. The van der Waals surface area contributed by atoms with Gasteiger partial charge in [0, 0.05) is 23.2 Å². The van der Waals surface area contributed by atoms with E-state index >= 15 is 0 Å². The zero-order valence-corrected chi connectivity index (χ0v) is 15.3. The van der Waals surface area contributed by atoms with Crippen LogP contribution in [0.4, 0.5) is 4.79 Å². The third-order valence-electron chi connectivity index (χ3n) is 4.98. The minimum absolute atomic E-state index is 0.112. The summed E-state index contributed by atoms with van der Waals surface area (Å²) in [6.45, 7) is 8.49. The molecule has 134 valence electrons. The zero-order chi connectivity index (χ0) is 18.2. The van der Waals surface area contributed by atoms with Crippen molar-refractivity contribution < 1.29 is 9.53 Å². The molecule has 0 fully saturated rings. The number of carbonyl (C=O) groups is 1. The van der Waals surface area contributed by atoms with Crippen molar-refractivity contribution in [3.05, 3.63) is 57.0 Å². The van der Waals surface area contributed by atoms with Crippen molar-refractivity contribution in [1.82, 2.24) is 10.3 Å². The monoisotopic (exact) mass is 342 g/mol. The number of aromatic amines is 1. The van der Waals surface area contributed by atoms with E-state index in [-0.39, 0.29) is 17.4 Å². The van der Waals surface area contributed by atoms with Crippen LogP contribution in [0.2, 0.25) is 0 Å². The molecule has 2 unspecified atom stereocenters. The lowest BCUT2D eigenvalue weighted by Gasteiger charge is -2.47. The third kappa shape index (κ3) is 3.15. The summed E-state index contributed by atoms with van der Waals surface area (Å²) in [5, 5.41) is 3.13. The average Bonchev–Trinajstić information content (AvgIpc) is 2.51. The van der Waals surface area contributed by atoms with Crippen LogP contribution >= 0.6 is 0 Å². The number of fused-ring (bicyclic) bond motifs is 4. The lowest BCUT2D eigenvalue weighted by atomic mass is 9.63. The first-order valence-corrected chi connectivity index (χ1v) is 8.87. The Balaban J connectivity index is 2.07. The van der Waals surface area contributed by atoms with Crippen LogP contribution in [0.3, 0.4) is 0 Å². The van der Waals surface area contributed by atoms with Gasteiger partial charge in [-0.1, -0.05) is 31.6 Å². The average molecular weight is 342 g/mol. The van der Waals surface area contributed by atoms with Crippen molar-refractivity contribution in [2.45, 2.75) is 46.1 Å². The number of aromatic nitrogens is 1. The molecule has 5 heteroatoms. The molecule has 1 heterocycles. The summed E-state index contributed by atoms with van der Waals surface area (Å²) in [7, 11) is 0. The zero-order valence-electron chi connectivity index (χ0n) is 15.3. The summed E-state index contributed by atoms with van der Waals surface area (Å²) in [4.78, 5) is 27.2. The molecule has 0 radical (unpaired) electrons. The summed E-state index contributed by atoms with van der Waals surface area (Å²) in [6.07, 6.45) is 5.33. The number of hydrogen-bond acceptors (Lipinski definition) is 3. The summed E-state index contributed by atoms with van der Waals surface area (Å²) in [6, 6.07) is 3.37. The normalized spacial score (nSPS) is 26.2. The van der Waals surface area contributed by atoms with E-state index < -0.39 is 11.6 Å². The molecular weight excluding hydrogens is 316 g/mol. The molecule has 5 nitrogen and oxygen atoms in total. The highest BCUT2D eigenvalue weighted by Gasteiger charge is 2.48. The van der Waals surface area contributed by atoms with E-state index in [0.29, 0.717) is 13.0 Å². The first-order chi connectivity index (χ1) is 11.9. The number of ether oxygens (including phenoxy) is 1. The van der Waals surface area contributed by atoms with Crippen molar-refractivity contribution in [2.75, 3.05) is 6.61 Å². The second-order valence-electron chi connectivity index (χ2n) is 7.48. The fourth-order valence-corrected chi connectivity index (χ4v) is 4.14. The molecule has 25 heavy (non-hydrogen) atoms. The topological polar surface area (TPSA) is 71.2 Å². The molecule has 2 N–H and O–H groups in total. The fourth-order valence-electron chi connectivity index (χ4n) is 4.14. The number of hydrogen-bond donors (Lipinski definition) is 2. The number of alkyl carbamates (subject to hydrolysis) is 1. The van der Waals surface area contributed by atoms with E-state index in [4.69, 9.17) is 4.74 Å². The second kappa shape index (κ2) is 6.54. The van der Waals surface area contributed by atoms with Gasteiger partial charge in [0.05, 0.1) is 12.1 Å². The maximum Gasteiger partial charge on any atom is 0.408 e. The minimum Gasteiger partial charge on any atom is -0.449 e. The van der Waals surface area contributed by atoms with Crippen LogP contribution in [0.15, 0.2) is 40.2 Å². The van der Waals surface area contributed by atoms with Crippen LogP contribution in [0.25, 0.3) is 0 Å². The molecule has 1 aromatic heterocycles. The molecule has 2 atom stereocenters. The number of nitrogens with one attached hydrogen (secondary N) is 2. The maximum atomic E-state index is 12.5. The van der Waals surface area contributed by atoms with Crippen molar-refractivity contribution in [1.29, 1.82) is 0 Å². The SMILES string of the molecule is CC=C1C2C=C(C)CC1(NC(=O)OCC(C)C)c1ccc(=O)[nH]c1C2. The molecule has 0 saturated heterocycles. The Morgan fingerprint density at radius 1 is 1.48 bits per heavy atom. The first kappa shape index (κ1) is 17.5. The van der Waals surface area contributed by atoms with Gasteiger partial charge >= 0.3 is 6.09 Å². The maximum absolute atomic E-state index is 12.5. The van der Waals surface area contributed by atoms with Crippen molar-refractivity contribution in [3.63, 3.8) is 0 Å². The largest absolute Gasteiger partial charge is 0.449 e. The smallest absolute Gasteiger partial charge is 0.408 e. The van der Waals surface area contributed by atoms with E-state index in [0.717, 1.165) is 17.7 Å². The second-order valence-corrected chi connectivity index (χ2v) is 7.48. The number of amides is 1. The van der Waals surface area contributed by atoms with Crippen LogP contribution in [0.5, 0.6) is 0 Å². The van der Waals surface area contributed by atoms with Gasteiger partial charge in [-0.15, -0.1) is 0 Å². The Morgan fingerprint density at radius 2 is 2.24 bits per heavy atom. The summed E-state index contributed by atoms with van der Waals surface area (Å²) >= 11 is 0. The van der Waals surface area contributed by atoms with Gasteiger partial charge in [0.15, 0.2) is 0 Å². The Bertz CT molecular complexity index is 803. The Hall–Kier alpha value is -2.30. The van der Waals surface area contributed by atoms with E-state index in [1.54, 1.807) is 0 Å². The van der Waals surface area contributed by atoms with E-state index in [1.165, 1.54) is 17.2 Å². The van der Waals surface area contributed by atoms with Crippen LogP contribution in [-0.2, 0) is 16.7 Å². The highest BCUT2D eigenvalue weighted by atomic mass is 16.5. The number of carbonyl (C=O) groups excluding carboxylic acids is 1. The summed E-state index contributed by atoms with van der Waals surface area (Å²) < 4.78 is 5.39. The molecular formula is C20H26N2O3. The molecule has 0 aliphatic heterocycles. The molecule has 0 saturated carbocycles. The number of rotatable bonds is 3. The molecule has 2 aliphatic carbocycles. The van der Waals surface area contributed by atoms with Gasteiger partial charge in [-0.05, 0) is 44.2 Å². The van der Waals surface area contributed by atoms with Crippen LogP contribution < -0.4 is 10.9 Å². The van der Waals surface area contributed by atoms with Gasteiger partial charge in [-0.25, -0.2) is 4.79 Å². The van der Waals surface area contributed by atoms with Gasteiger partial charge in [0.25, 0.3) is 0 Å². The Kier molecular flexibility index (Phi) is 4.58. The first-order valence-electron chi connectivity index (χ1n) is 8.87. The Morgan fingerprint density at radius 3 is 2.92 bits per heavy atom. The predicted molar refractivity (Wildman–Crippen MR) is 97.4 cm³/mol. The van der Waals surface area contributed by atoms with Crippen LogP contribution in [-0.4, -0.2) is 17.7 Å². The van der Waals surface area contributed by atoms with Gasteiger partial charge in [0.2, 0.25) is 5.56 Å². The summed E-state index contributed by atoms with van der Waals surface area (Å²) in [5.41, 5.74) is 3.50. The van der Waals surface area contributed by atoms with Crippen LogP contribution in [0, 0.1) is 11.8 Å². The number of allylic oxidation sites excluding steroid dienone is 2. The molecule has 1 aromatic rings. The quantitative estimate of drug-likeness (QED) is 0.827. The lowest BCUT2D eigenvalue weighted by Crippen LogP contribution is -2.54. The molecule has 1 amide bonds. The lowest BCUT2D eigenvalue weighted by molar-refractivity contribution is 0.121. The van der Waals surface area contributed by atoms with Gasteiger partial charge < -0.3 is 15.0 Å². The van der Waals surface area contributed by atoms with Gasteiger partial charge in [-0.2, -0.15) is 0 Å². The third-order valence-corrected chi connectivity index (χ3v) is 4.98. The van der Waals surface area contributed by atoms with Crippen LogP contribution in [0.1, 0.15) is 45.4 Å². The number of pyridine rings is 1. The molecule has 0 spiro atoms. The highest BCUT2D eigenvalue weighted by molar-refractivity contribution is 5.71. The highest BCUT2D eigenvalue weighted by Crippen LogP contribution is 2.49. The molecule has 0 aromatic carbocycles. The molecule has 2 bridgehead atoms.